The Labute approximate surface area is 215 Å². The van der Waals surface area contributed by atoms with Crippen molar-refractivity contribution in [2.75, 3.05) is 59.5 Å². The Hall–Kier alpha value is -2.64. The van der Waals surface area contributed by atoms with E-state index in [0.717, 1.165) is 48.0 Å². The van der Waals surface area contributed by atoms with Crippen LogP contribution in [-0.4, -0.2) is 92.4 Å². The van der Waals surface area contributed by atoms with E-state index >= 15 is 0 Å². The molecule has 0 radical (unpaired) electrons. The van der Waals surface area contributed by atoms with E-state index in [-0.39, 0.29) is 11.9 Å². The highest BCUT2D eigenvalue weighted by Crippen LogP contribution is 2.37. The number of carbonyl (C=O) groups is 1. The molecule has 5 rings (SSSR count). The predicted octanol–water partition coefficient (Wildman–Crippen LogP) is 4.75. The van der Waals surface area contributed by atoms with E-state index in [2.05, 4.69) is 21.7 Å². The molecule has 2 aromatic carbocycles. The summed E-state index contributed by atoms with van der Waals surface area (Å²) in [5.41, 5.74) is 1.42. The standard InChI is InChI=1S/C29H40N4O3/c1-3-31-12-14-32(15-13-31)10-6-4-5-7-16-36-28-20-23-18-26-25(17-22(23)19-27(28)35-2)29(34)33-11-8-9-24(33)21-30-26/h17-21,24H,3-16H2,1-2H3/t24-/m0/s1. The Balaban J connectivity index is 1.15. The highest BCUT2D eigenvalue weighted by Gasteiger charge is 2.31. The molecule has 7 heteroatoms. The molecule has 2 aromatic rings. The van der Waals surface area contributed by atoms with Crippen LogP contribution in [0.4, 0.5) is 5.69 Å². The van der Waals surface area contributed by atoms with Crippen molar-refractivity contribution >= 4 is 28.6 Å². The molecular formula is C29H40N4O3. The van der Waals surface area contributed by atoms with Gasteiger partial charge in [0.05, 0.1) is 31.0 Å². The molecule has 0 aliphatic carbocycles. The summed E-state index contributed by atoms with van der Waals surface area (Å²) in [7, 11) is 1.67. The van der Waals surface area contributed by atoms with Crippen LogP contribution in [0.2, 0.25) is 0 Å². The topological polar surface area (TPSA) is 57.6 Å². The third-order valence-electron chi connectivity index (χ3n) is 7.95. The third kappa shape index (κ3) is 5.52. The minimum atomic E-state index is 0.0782. The van der Waals surface area contributed by atoms with E-state index in [1.807, 2.05) is 35.4 Å². The predicted molar refractivity (Wildman–Crippen MR) is 145 cm³/mol. The molecule has 0 N–H and O–H groups in total. The summed E-state index contributed by atoms with van der Waals surface area (Å²) in [6.07, 6.45) is 8.67. The number of unbranched alkanes of at least 4 members (excludes halogenated alkanes) is 3. The van der Waals surface area contributed by atoms with Gasteiger partial charge in [-0.2, -0.15) is 0 Å². The van der Waals surface area contributed by atoms with E-state index in [1.165, 1.54) is 58.5 Å². The van der Waals surface area contributed by atoms with Gasteiger partial charge < -0.3 is 24.2 Å². The molecule has 2 fully saturated rings. The number of aliphatic imine (C=N–C) groups is 1. The van der Waals surface area contributed by atoms with Crippen LogP contribution in [0.25, 0.3) is 10.8 Å². The summed E-state index contributed by atoms with van der Waals surface area (Å²) in [6.45, 7) is 11.0. The number of rotatable bonds is 10. The number of ether oxygens (including phenoxy) is 2. The fraction of sp³-hybridized carbons (Fsp3) is 0.586. The number of nitrogens with zero attached hydrogens (tertiary/aromatic N) is 4. The normalized spacial score (nSPS) is 20.4. The molecule has 3 heterocycles. The van der Waals surface area contributed by atoms with Crippen molar-refractivity contribution in [1.82, 2.24) is 14.7 Å². The van der Waals surface area contributed by atoms with Crippen LogP contribution >= 0.6 is 0 Å². The van der Waals surface area contributed by atoms with Gasteiger partial charge in [0, 0.05) is 38.9 Å². The molecule has 0 aromatic heterocycles. The van der Waals surface area contributed by atoms with Crippen LogP contribution < -0.4 is 9.47 Å². The molecule has 0 saturated carbocycles. The van der Waals surface area contributed by atoms with Gasteiger partial charge in [0.25, 0.3) is 5.91 Å². The fourth-order valence-electron chi connectivity index (χ4n) is 5.67. The molecule has 0 unspecified atom stereocenters. The van der Waals surface area contributed by atoms with Crippen molar-refractivity contribution in [2.45, 2.75) is 51.5 Å². The van der Waals surface area contributed by atoms with Gasteiger partial charge >= 0.3 is 0 Å². The minimum Gasteiger partial charge on any atom is -0.493 e. The maximum atomic E-state index is 13.1. The number of piperazine rings is 1. The summed E-state index contributed by atoms with van der Waals surface area (Å²) in [5, 5.41) is 1.98. The largest absolute Gasteiger partial charge is 0.493 e. The smallest absolute Gasteiger partial charge is 0.256 e. The molecule has 7 nitrogen and oxygen atoms in total. The zero-order chi connectivity index (χ0) is 24.9. The zero-order valence-corrected chi connectivity index (χ0v) is 21.9. The number of methoxy groups -OCH3 is 1. The Morgan fingerprint density at radius 3 is 2.47 bits per heavy atom. The van der Waals surface area contributed by atoms with Gasteiger partial charge in [-0.25, -0.2) is 0 Å². The Morgan fingerprint density at radius 2 is 1.67 bits per heavy atom. The average molecular weight is 493 g/mol. The lowest BCUT2D eigenvalue weighted by Crippen LogP contribution is -2.46. The van der Waals surface area contributed by atoms with Crippen molar-refractivity contribution in [3.8, 4) is 11.5 Å². The van der Waals surface area contributed by atoms with E-state index in [9.17, 15) is 4.79 Å². The number of amides is 1. The fourth-order valence-corrected chi connectivity index (χ4v) is 5.67. The third-order valence-corrected chi connectivity index (χ3v) is 7.95. The molecule has 36 heavy (non-hydrogen) atoms. The van der Waals surface area contributed by atoms with Crippen LogP contribution in [0, 0.1) is 0 Å². The number of hydrogen-bond donors (Lipinski definition) is 0. The van der Waals surface area contributed by atoms with Crippen LogP contribution in [0.3, 0.4) is 0 Å². The van der Waals surface area contributed by atoms with E-state index in [1.54, 1.807) is 7.11 Å². The number of hydrogen-bond acceptors (Lipinski definition) is 6. The van der Waals surface area contributed by atoms with Gasteiger partial charge in [-0.15, -0.1) is 0 Å². The van der Waals surface area contributed by atoms with E-state index in [0.29, 0.717) is 17.9 Å². The Bertz CT molecular complexity index is 1090. The van der Waals surface area contributed by atoms with Gasteiger partial charge in [-0.1, -0.05) is 19.8 Å². The molecule has 2 saturated heterocycles. The summed E-state index contributed by atoms with van der Waals surface area (Å²) in [4.78, 5) is 24.9. The highest BCUT2D eigenvalue weighted by molar-refractivity contribution is 6.07. The van der Waals surface area contributed by atoms with Gasteiger partial charge in [0.1, 0.15) is 0 Å². The van der Waals surface area contributed by atoms with Gasteiger partial charge in [-0.3, -0.25) is 9.79 Å². The summed E-state index contributed by atoms with van der Waals surface area (Å²) in [6, 6.07) is 8.09. The number of fused-ring (bicyclic) bond motifs is 3. The van der Waals surface area contributed by atoms with Crippen molar-refractivity contribution in [1.29, 1.82) is 0 Å². The average Bonchev–Trinajstić information content (AvgIpc) is 3.34. The van der Waals surface area contributed by atoms with Crippen molar-refractivity contribution in [2.24, 2.45) is 4.99 Å². The van der Waals surface area contributed by atoms with Crippen LogP contribution in [-0.2, 0) is 0 Å². The molecule has 3 aliphatic heterocycles. The van der Waals surface area contributed by atoms with Gasteiger partial charge in [0.2, 0.25) is 0 Å². The number of carbonyl (C=O) groups excluding carboxylic acids is 1. The molecule has 0 bridgehead atoms. The van der Waals surface area contributed by atoms with Crippen LogP contribution in [0.1, 0.15) is 55.8 Å². The summed E-state index contributed by atoms with van der Waals surface area (Å²) < 4.78 is 11.8. The molecule has 0 spiro atoms. The first-order chi connectivity index (χ1) is 17.7. The summed E-state index contributed by atoms with van der Waals surface area (Å²) in [5.74, 6) is 1.54. The first-order valence-corrected chi connectivity index (χ1v) is 13.7. The summed E-state index contributed by atoms with van der Waals surface area (Å²) >= 11 is 0. The molecule has 194 valence electrons. The van der Waals surface area contributed by atoms with Gasteiger partial charge in [-0.05, 0) is 73.8 Å². The molecular weight excluding hydrogens is 452 g/mol. The molecule has 3 aliphatic rings. The molecule has 1 amide bonds. The Kier molecular flexibility index (Phi) is 8.07. The second-order valence-electron chi connectivity index (χ2n) is 10.2. The second-order valence-corrected chi connectivity index (χ2v) is 10.2. The number of likely N-dealkylation sites (N-methyl/N-ethyl adjacent to an activating group) is 1. The Morgan fingerprint density at radius 1 is 0.917 bits per heavy atom. The lowest BCUT2D eigenvalue weighted by atomic mass is 10.0. The second kappa shape index (κ2) is 11.6. The maximum absolute atomic E-state index is 13.1. The first kappa shape index (κ1) is 25.0. The first-order valence-electron chi connectivity index (χ1n) is 13.7. The quantitative estimate of drug-likeness (QED) is 0.448. The number of benzene rings is 2. The molecule has 1 atom stereocenters. The van der Waals surface area contributed by atoms with Crippen molar-refractivity contribution in [3.05, 3.63) is 29.8 Å². The minimum absolute atomic E-state index is 0.0782. The van der Waals surface area contributed by atoms with E-state index < -0.39 is 0 Å². The lowest BCUT2D eigenvalue weighted by molar-refractivity contribution is 0.0775. The SMILES string of the molecule is CCN1CCN(CCCCCCOc2cc3cc4c(cc3cc2OC)C(=O)N2CCC[C@H]2C=N4)CC1. The van der Waals surface area contributed by atoms with Gasteiger partial charge in [0.15, 0.2) is 11.5 Å². The van der Waals surface area contributed by atoms with Crippen LogP contribution in [0.5, 0.6) is 11.5 Å². The van der Waals surface area contributed by atoms with E-state index in [4.69, 9.17) is 9.47 Å². The lowest BCUT2D eigenvalue weighted by Gasteiger charge is -2.33. The maximum Gasteiger partial charge on any atom is 0.256 e. The van der Waals surface area contributed by atoms with Crippen molar-refractivity contribution in [3.63, 3.8) is 0 Å². The highest BCUT2D eigenvalue weighted by atomic mass is 16.5. The zero-order valence-electron chi connectivity index (χ0n) is 21.9. The van der Waals surface area contributed by atoms with Crippen LogP contribution in [0.15, 0.2) is 29.3 Å². The monoisotopic (exact) mass is 492 g/mol. The van der Waals surface area contributed by atoms with Crippen molar-refractivity contribution < 1.29 is 14.3 Å².